The average Bonchev–Trinajstić information content (AvgIpc) is 3.16. The third-order valence-electron chi connectivity index (χ3n) is 6.77. The summed E-state index contributed by atoms with van der Waals surface area (Å²) in [6, 6.07) is 29.6. The van der Waals surface area contributed by atoms with Crippen molar-refractivity contribution < 1.29 is 44.5 Å². The maximum Gasteiger partial charge on any atom is 4.00 e. The van der Waals surface area contributed by atoms with Crippen molar-refractivity contribution in [3.05, 3.63) is 141 Å². The fraction of sp³-hybridized carbons (Fsp3) is 0.0909. The van der Waals surface area contributed by atoms with Gasteiger partial charge >= 0.3 is 21.1 Å². The van der Waals surface area contributed by atoms with Crippen LogP contribution in [0.4, 0.5) is 0 Å². The molecular formula is C33H21N3O5Pt+2. The molecule has 1 aliphatic heterocycles. The second-order valence-corrected chi connectivity index (χ2v) is 9.46. The Morgan fingerprint density at radius 2 is 1.38 bits per heavy atom. The van der Waals surface area contributed by atoms with Gasteiger partial charge in [-0.3, -0.25) is 19.0 Å². The van der Waals surface area contributed by atoms with E-state index in [0.29, 0.717) is 28.1 Å². The number of carbonyl (C=O) groups excluding carboxylic acids is 2. The van der Waals surface area contributed by atoms with Gasteiger partial charge in [0.25, 0.3) is 17.0 Å². The van der Waals surface area contributed by atoms with Crippen molar-refractivity contribution in [3.63, 3.8) is 0 Å². The van der Waals surface area contributed by atoms with Gasteiger partial charge in [-0.05, 0) is 0 Å². The van der Waals surface area contributed by atoms with E-state index in [1.165, 1.54) is 20.8 Å². The van der Waals surface area contributed by atoms with Crippen LogP contribution in [0, 0.1) is 18.5 Å². The maximum absolute atomic E-state index is 13.4. The van der Waals surface area contributed by atoms with Crippen molar-refractivity contribution in [2.45, 2.75) is 5.92 Å². The van der Waals surface area contributed by atoms with E-state index in [4.69, 9.17) is 4.74 Å². The fourth-order valence-electron chi connectivity index (χ4n) is 4.74. The summed E-state index contributed by atoms with van der Waals surface area (Å²) in [7, 11) is 3.09. The standard InChI is InChI=1S/C33H21N3O5.Pt/c1-34-19-29(30(37)25-13-3-4-14-26(25)31(34)38)21-9-7-11-23(17-21)41-24-12-8-10-22(18-24)36-20-35(2)32(39)27-15-5-6-16-28(27)33(36)40;/h3-16,29H,1-2H3;/q-2;+4. The minimum atomic E-state index is -0.876. The number of aromatic nitrogens is 2. The summed E-state index contributed by atoms with van der Waals surface area (Å²) in [6.45, 7) is 0. The number of ketones is 1. The predicted molar refractivity (Wildman–Crippen MR) is 149 cm³/mol. The summed E-state index contributed by atoms with van der Waals surface area (Å²) in [6.07, 6.45) is 5.77. The Balaban J connectivity index is 0.00000353. The van der Waals surface area contributed by atoms with Gasteiger partial charge in [-0.2, -0.15) is 29.8 Å². The summed E-state index contributed by atoms with van der Waals surface area (Å²) in [5.41, 5.74) is 0.641. The molecule has 1 aliphatic rings. The molecule has 4 aromatic carbocycles. The van der Waals surface area contributed by atoms with Gasteiger partial charge < -0.3 is 18.7 Å². The van der Waals surface area contributed by atoms with Crippen LogP contribution in [0.5, 0.6) is 11.5 Å². The number of rotatable bonds is 4. The number of aryl methyl sites for hydroxylation is 1. The number of fused-ring (bicyclic) bond motifs is 2. The molecule has 0 N–H and O–H groups in total. The first kappa shape index (κ1) is 28.7. The normalized spacial score (nSPS) is 14.4. The molecule has 206 valence electrons. The van der Waals surface area contributed by atoms with E-state index in [2.05, 4.69) is 24.7 Å². The van der Waals surface area contributed by atoms with Gasteiger partial charge in [0.05, 0.1) is 7.05 Å². The molecule has 0 radical (unpaired) electrons. The van der Waals surface area contributed by atoms with Crippen molar-refractivity contribution in [3.8, 4) is 17.2 Å². The van der Waals surface area contributed by atoms with Crippen LogP contribution < -0.4 is 20.4 Å². The zero-order valence-electron chi connectivity index (χ0n) is 22.4. The molecule has 6 rings (SSSR count). The number of Topliss-reactive ketones (excluding diaryl/α,β-unsaturated/α-hetero) is 1. The molecule has 2 heterocycles. The summed E-state index contributed by atoms with van der Waals surface area (Å²) < 4.78 is 9.76. The van der Waals surface area contributed by atoms with Crippen LogP contribution in [0.3, 0.4) is 0 Å². The Kier molecular flexibility index (Phi) is 7.92. The summed E-state index contributed by atoms with van der Waals surface area (Å²) >= 11 is 0. The first-order valence-corrected chi connectivity index (χ1v) is 12.7. The van der Waals surface area contributed by atoms with Gasteiger partial charge in [-0.25, -0.2) is 0 Å². The quantitative estimate of drug-likeness (QED) is 0.210. The molecule has 1 unspecified atom stereocenters. The molecule has 1 aromatic heterocycles. The first-order chi connectivity index (χ1) is 19.8. The smallest absolute Gasteiger partial charge is 0.510 e. The Bertz CT molecular complexity index is 2050. The van der Waals surface area contributed by atoms with Crippen LogP contribution in [0.1, 0.15) is 32.2 Å². The predicted octanol–water partition coefficient (Wildman–Crippen LogP) is 3.08. The van der Waals surface area contributed by atoms with Crippen molar-refractivity contribution in [1.82, 2.24) is 4.57 Å². The van der Waals surface area contributed by atoms with Crippen LogP contribution >= 0.6 is 0 Å². The SMILES string of the molecule is C[N+]1=[C-]C(c2[c-]c(Oc3[c-]c(-n4[c-][n+](C)c(=O)c5ccccc5c4=O)ccc3)ccc2)C(=O)c2ccccc2C1=O.[Pt+4]. The number of hydrogen-bond acceptors (Lipinski definition) is 5. The van der Waals surface area contributed by atoms with Crippen LogP contribution in [0.2, 0.25) is 0 Å². The molecule has 0 saturated carbocycles. The molecule has 0 saturated heterocycles. The zero-order chi connectivity index (χ0) is 28.7. The molecule has 0 bridgehead atoms. The van der Waals surface area contributed by atoms with Gasteiger partial charge in [0.2, 0.25) is 6.33 Å². The number of hydrogen-bond donors (Lipinski definition) is 0. The fourth-order valence-corrected chi connectivity index (χ4v) is 4.74. The number of ether oxygens (including phenoxy) is 1. The van der Waals surface area contributed by atoms with E-state index in [9.17, 15) is 19.2 Å². The van der Waals surface area contributed by atoms with Gasteiger partial charge in [0.15, 0.2) is 5.78 Å². The van der Waals surface area contributed by atoms with Crippen molar-refractivity contribution in [2.75, 3.05) is 7.05 Å². The monoisotopic (exact) mass is 734 g/mol. The van der Waals surface area contributed by atoms with Crippen LogP contribution in [-0.4, -0.2) is 34.1 Å². The zero-order valence-corrected chi connectivity index (χ0v) is 24.6. The largest absolute Gasteiger partial charge is 4.00 e. The van der Waals surface area contributed by atoms with Crippen molar-refractivity contribution in [2.24, 2.45) is 7.05 Å². The molecule has 8 nitrogen and oxygen atoms in total. The molecule has 5 aromatic rings. The van der Waals surface area contributed by atoms with Gasteiger partial charge in [0, 0.05) is 45.5 Å². The Morgan fingerprint density at radius 3 is 2.14 bits per heavy atom. The van der Waals surface area contributed by atoms with Gasteiger partial charge in [-0.15, -0.1) is 24.3 Å². The summed E-state index contributed by atoms with van der Waals surface area (Å²) in [5.74, 6) is -0.898. The van der Waals surface area contributed by atoms with Crippen molar-refractivity contribution in [1.29, 1.82) is 0 Å². The van der Waals surface area contributed by atoms with E-state index in [-0.39, 0.29) is 54.8 Å². The third kappa shape index (κ3) is 5.17. The average molecular weight is 735 g/mol. The minimum Gasteiger partial charge on any atom is -0.510 e. The summed E-state index contributed by atoms with van der Waals surface area (Å²) in [4.78, 5) is 52.4. The molecule has 0 aliphatic carbocycles. The Hall–Kier alpha value is -4.81. The van der Waals surface area contributed by atoms with Gasteiger partial charge in [-0.1, -0.05) is 54.2 Å². The number of nitrogens with zero attached hydrogens (tertiary/aromatic N) is 3. The second-order valence-electron chi connectivity index (χ2n) is 9.46. The van der Waals surface area contributed by atoms with Crippen LogP contribution in [0.15, 0.2) is 94.5 Å². The number of amides is 1. The van der Waals surface area contributed by atoms with Crippen LogP contribution in [-0.2, 0) is 28.1 Å². The van der Waals surface area contributed by atoms with Gasteiger partial charge in [0.1, 0.15) is 7.05 Å². The molecule has 1 amide bonds. The number of carbonyl (C=O) groups is 2. The Morgan fingerprint density at radius 1 is 0.738 bits per heavy atom. The Labute approximate surface area is 255 Å². The van der Waals surface area contributed by atoms with E-state index in [1.807, 2.05) is 0 Å². The van der Waals surface area contributed by atoms with E-state index in [1.54, 1.807) is 92.0 Å². The molecule has 9 heteroatoms. The second kappa shape index (κ2) is 11.6. The van der Waals surface area contributed by atoms with E-state index < -0.39 is 11.5 Å². The third-order valence-corrected chi connectivity index (χ3v) is 6.77. The number of benzene rings is 4. The van der Waals surface area contributed by atoms with E-state index >= 15 is 0 Å². The topological polar surface area (TPSA) is 89.3 Å². The summed E-state index contributed by atoms with van der Waals surface area (Å²) in [5, 5.41) is 0.533. The molecular weight excluding hydrogens is 713 g/mol. The minimum absolute atomic E-state index is 0. The maximum atomic E-state index is 13.4. The van der Waals surface area contributed by atoms with Crippen LogP contribution in [0.25, 0.3) is 16.5 Å². The molecule has 42 heavy (non-hydrogen) atoms. The molecule has 0 fully saturated rings. The van der Waals surface area contributed by atoms with E-state index in [0.717, 1.165) is 0 Å². The first-order valence-electron chi connectivity index (χ1n) is 12.7. The molecule has 0 spiro atoms. The van der Waals surface area contributed by atoms with Crippen molar-refractivity contribution >= 4 is 28.7 Å². The molecule has 1 atom stereocenters.